The minimum atomic E-state index is -0.180. The molecule has 2 amide bonds. The number of phenolic OH excluding ortho intramolecular Hbond substituents is 1. The maximum atomic E-state index is 12.2. The van der Waals surface area contributed by atoms with Crippen molar-refractivity contribution in [1.29, 1.82) is 0 Å². The number of aryl methyl sites for hydroxylation is 1. The molecular weight excluding hydrogens is 326 g/mol. The van der Waals surface area contributed by atoms with Gasteiger partial charge in [0.15, 0.2) is 0 Å². The number of rotatable bonds is 5. The lowest BCUT2D eigenvalue weighted by molar-refractivity contribution is 0.0865. The number of carbonyl (C=O) groups excluding carboxylic acids is 2. The molecule has 126 valence electrons. The van der Waals surface area contributed by atoms with Crippen molar-refractivity contribution >= 4 is 23.2 Å². The molecule has 3 rings (SSSR count). The number of aromatic nitrogens is 1. The molecule has 0 bridgehead atoms. The number of hydrogen-bond donors (Lipinski definition) is 3. The lowest BCUT2D eigenvalue weighted by atomic mass is 9.80. The molecule has 0 unspecified atom stereocenters. The summed E-state index contributed by atoms with van der Waals surface area (Å²) in [6.45, 7) is 2.41. The van der Waals surface area contributed by atoms with Crippen LogP contribution in [-0.4, -0.2) is 34.5 Å². The van der Waals surface area contributed by atoms with E-state index in [1.54, 1.807) is 23.8 Å². The molecule has 0 saturated heterocycles. The van der Waals surface area contributed by atoms with E-state index < -0.39 is 0 Å². The average Bonchev–Trinajstić information content (AvgIpc) is 3.05. The van der Waals surface area contributed by atoms with Crippen LogP contribution in [0.25, 0.3) is 0 Å². The third-order valence-electron chi connectivity index (χ3n) is 4.24. The van der Waals surface area contributed by atoms with Crippen LogP contribution in [-0.2, 0) is 0 Å². The van der Waals surface area contributed by atoms with Gasteiger partial charge in [0, 0.05) is 18.2 Å². The van der Waals surface area contributed by atoms with Gasteiger partial charge in [0.1, 0.15) is 10.6 Å². The zero-order valence-corrected chi connectivity index (χ0v) is 14.1. The summed E-state index contributed by atoms with van der Waals surface area (Å²) in [6, 6.07) is 4.92. The van der Waals surface area contributed by atoms with Crippen LogP contribution in [0.1, 0.15) is 38.4 Å². The van der Waals surface area contributed by atoms with Gasteiger partial charge < -0.3 is 15.7 Å². The van der Waals surface area contributed by atoms with E-state index in [0.717, 1.165) is 18.4 Å². The van der Waals surface area contributed by atoms with Crippen molar-refractivity contribution in [2.75, 3.05) is 6.54 Å². The van der Waals surface area contributed by atoms with Gasteiger partial charge in [-0.2, -0.15) is 0 Å². The SMILES string of the molecule is Cc1ccc(O)cc1C(=O)NCC1CC(NC(=O)c2cncs2)C1. The first-order chi connectivity index (χ1) is 11.5. The van der Waals surface area contributed by atoms with Gasteiger partial charge in [0.2, 0.25) is 0 Å². The molecular formula is C17H19N3O3S. The van der Waals surface area contributed by atoms with Gasteiger partial charge in [-0.3, -0.25) is 14.6 Å². The summed E-state index contributed by atoms with van der Waals surface area (Å²) in [6.07, 6.45) is 3.27. The van der Waals surface area contributed by atoms with Crippen molar-refractivity contribution in [3.63, 3.8) is 0 Å². The van der Waals surface area contributed by atoms with Crippen LogP contribution in [0.15, 0.2) is 29.9 Å². The third-order valence-corrected chi connectivity index (χ3v) is 5.02. The van der Waals surface area contributed by atoms with E-state index in [2.05, 4.69) is 15.6 Å². The summed E-state index contributed by atoms with van der Waals surface area (Å²) in [7, 11) is 0. The van der Waals surface area contributed by atoms with Crippen LogP contribution < -0.4 is 10.6 Å². The number of nitrogens with one attached hydrogen (secondary N) is 2. The number of aromatic hydroxyl groups is 1. The molecule has 1 aliphatic carbocycles. The predicted octanol–water partition coefficient (Wildman–Crippen LogP) is 2.10. The van der Waals surface area contributed by atoms with E-state index in [-0.39, 0.29) is 23.6 Å². The Kier molecular flexibility index (Phi) is 4.80. The Morgan fingerprint density at radius 3 is 2.83 bits per heavy atom. The molecule has 1 aliphatic rings. The molecule has 24 heavy (non-hydrogen) atoms. The second kappa shape index (κ2) is 7.00. The van der Waals surface area contributed by atoms with Crippen molar-refractivity contribution in [3.05, 3.63) is 45.9 Å². The fraction of sp³-hybridized carbons (Fsp3) is 0.353. The molecule has 6 nitrogen and oxygen atoms in total. The van der Waals surface area contributed by atoms with Gasteiger partial charge in [-0.25, -0.2) is 0 Å². The quantitative estimate of drug-likeness (QED) is 0.774. The minimum Gasteiger partial charge on any atom is -0.508 e. The van der Waals surface area contributed by atoms with E-state index >= 15 is 0 Å². The van der Waals surface area contributed by atoms with Gasteiger partial charge in [0.05, 0.1) is 11.7 Å². The van der Waals surface area contributed by atoms with Crippen molar-refractivity contribution in [2.24, 2.45) is 5.92 Å². The Morgan fingerprint density at radius 1 is 1.33 bits per heavy atom. The normalized spacial score (nSPS) is 19.4. The summed E-state index contributed by atoms with van der Waals surface area (Å²) in [4.78, 5) is 28.6. The molecule has 1 saturated carbocycles. The topological polar surface area (TPSA) is 91.3 Å². The van der Waals surface area contributed by atoms with Gasteiger partial charge in [-0.15, -0.1) is 11.3 Å². The molecule has 3 N–H and O–H groups in total. The number of nitrogens with zero attached hydrogens (tertiary/aromatic N) is 1. The molecule has 1 aromatic heterocycles. The highest BCUT2D eigenvalue weighted by Crippen LogP contribution is 2.27. The van der Waals surface area contributed by atoms with E-state index in [1.165, 1.54) is 17.4 Å². The first-order valence-corrected chi connectivity index (χ1v) is 8.68. The van der Waals surface area contributed by atoms with E-state index in [9.17, 15) is 14.7 Å². The van der Waals surface area contributed by atoms with Crippen molar-refractivity contribution in [3.8, 4) is 5.75 Å². The van der Waals surface area contributed by atoms with Crippen LogP contribution in [0.3, 0.4) is 0 Å². The first-order valence-electron chi connectivity index (χ1n) is 7.80. The Hall–Kier alpha value is -2.41. The van der Waals surface area contributed by atoms with Crippen LogP contribution in [0.5, 0.6) is 5.75 Å². The molecule has 0 aliphatic heterocycles. The Labute approximate surface area is 143 Å². The number of thiazole rings is 1. The lowest BCUT2D eigenvalue weighted by Gasteiger charge is -2.35. The number of phenols is 1. The first kappa shape index (κ1) is 16.4. The molecule has 0 radical (unpaired) electrons. The minimum absolute atomic E-state index is 0.0830. The number of amides is 2. The van der Waals surface area contributed by atoms with Gasteiger partial charge in [-0.1, -0.05) is 6.07 Å². The molecule has 0 spiro atoms. The maximum absolute atomic E-state index is 12.2. The summed E-state index contributed by atoms with van der Waals surface area (Å²) < 4.78 is 0. The second-order valence-corrected chi connectivity index (χ2v) is 6.97. The highest BCUT2D eigenvalue weighted by molar-refractivity contribution is 7.11. The van der Waals surface area contributed by atoms with E-state index in [0.29, 0.717) is 22.9 Å². The maximum Gasteiger partial charge on any atom is 0.263 e. The third kappa shape index (κ3) is 3.73. The molecule has 1 aromatic carbocycles. The molecule has 1 heterocycles. The fourth-order valence-corrected chi connectivity index (χ4v) is 3.31. The largest absolute Gasteiger partial charge is 0.508 e. The molecule has 1 fully saturated rings. The average molecular weight is 345 g/mol. The Bertz CT molecular complexity index is 740. The molecule has 0 atom stereocenters. The van der Waals surface area contributed by atoms with Crippen LogP contribution in [0.2, 0.25) is 0 Å². The highest BCUT2D eigenvalue weighted by atomic mass is 32.1. The van der Waals surface area contributed by atoms with Crippen LogP contribution in [0.4, 0.5) is 0 Å². The Morgan fingerprint density at radius 2 is 2.12 bits per heavy atom. The smallest absolute Gasteiger partial charge is 0.263 e. The zero-order valence-electron chi connectivity index (χ0n) is 13.3. The highest BCUT2D eigenvalue weighted by Gasteiger charge is 2.31. The van der Waals surface area contributed by atoms with Crippen molar-refractivity contribution in [2.45, 2.75) is 25.8 Å². The van der Waals surface area contributed by atoms with Gasteiger partial charge in [-0.05, 0) is 43.4 Å². The van der Waals surface area contributed by atoms with Crippen molar-refractivity contribution < 1.29 is 14.7 Å². The summed E-state index contributed by atoms with van der Waals surface area (Å²) in [5, 5.41) is 15.4. The summed E-state index contributed by atoms with van der Waals surface area (Å²) >= 11 is 1.32. The van der Waals surface area contributed by atoms with E-state index in [1.807, 2.05) is 6.92 Å². The molecule has 2 aromatic rings. The lowest BCUT2D eigenvalue weighted by Crippen LogP contribution is -2.47. The van der Waals surface area contributed by atoms with Gasteiger partial charge in [0.25, 0.3) is 11.8 Å². The van der Waals surface area contributed by atoms with Crippen molar-refractivity contribution in [1.82, 2.24) is 15.6 Å². The standard InChI is InChI=1S/C17H19N3O3S/c1-10-2-3-13(21)6-14(10)16(22)19-7-11-4-12(5-11)20-17(23)15-8-18-9-24-15/h2-3,6,8-9,11-12,21H,4-5,7H2,1H3,(H,19,22)(H,20,23). The van der Waals surface area contributed by atoms with Crippen LogP contribution in [0, 0.1) is 12.8 Å². The van der Waals surface area contributed by atoms with Gasteiger partial charge >= 0.3 is 0 Å². The molecule has 7 heteroatoms. The summed E-state index contributed by atoms with van der Waals surface area (Å²) in [5.41, 5.74) is 2.95. The number of benzene rings is 1. The number of carbonyl (C=O) groups is 2. The summed E-state index contributed by atoms with van der Waals surface area (Å²) in [5.74, 6) is 0.180. The second-order valence-electron chi connectivity index (χ2n) is 6.08. The predicted molar refractivity (Wildman–Crippen MR) is 91.3 cm³/mol. The van der Waals surface area contributed by atoms with E-state index in [4.69, 9.17) is 0 Å². The monoisotopic (exact) mass is 345 g/mol. The zero-order chi connectivity index (χ0) is 17.1. The number of hydrogen-bond acceptors (Lipinski definition) is 5. The fourth-order valence-electron chi connectivity index (χ4n) is 2.79. The van der Waals surface area contributed by atoms with Crippen LogP contribution >= 0.6 is 11.3 Å². The Balaban J connectivity index is 1.42.